The minimum atomic E-state index is -0.106. The first-order chi connectivity index (χ1) is 9.18. The molecule has 3 unspecified atom stereocenters. The van der Waals surface area contributed by atoms with Crippen molar-refractivity contribution in [1.82, 2.24) is 10.2 Å². The summed E-state index contributed by atoms with van der Waals surface area (Å²) in [5.41, 5.74) is 0. The Morgan fingerprint density at radius 2 is 2.05 bits per heavy atom. The minimum Gasteiger partial charge on any atom is -0.393 e. The summed E-state index contributed by atoms with van der Waals surface area (Å²) in [4.78, 5) is 14.1. The highest BCUT2D eigenvalue weighted by Gasteiger charge is 2.27. The number of likely N-dealkylation sites (N-methyl/N-ethyl adjacent to an activating group) is 1. The van der Waals surface area contributed by atoms with Crippen LogP contribution >= 0.6 is 0 Å². The fraction of sp³-hybridized carbons (Fsp3) is 0.933. The number of hydrogen-bond acceptors (Lipinski definition) is 3. The summed E-state index contributed by atoms with van der Waals surface area (Å²) >= 11 is 0. The number of aliphatic hydroxyl groups excluding tert-OH is 1. The van der Waals surface area contributed by atoms with Crippen LogP contribution in [0.3, 0.4) is 0 Å². The first kappa shape index (κ1) is 14.8. The van der Waals surface area contributed by atoms with Crippen molar-refractivity contribution in [2.24, 2.45) is 5.92 Å². The van der Waals surface area contributed by atoms with E-state index in [-0.39, 0.29) is 18.1 Å². The Morgan fingerprint density at radius 1 is 1.26 bits per heavy atom. The summed E-state index contributed by atoms with van der Waals surface area (Å²) in [5, 5.41) is 12.9. The first-order valence-corrected chi connectivity index (χ1v) is 7.84. The molecular formula is C15H28N2O2. The lowest BCUT2D eigenvalue weighted by Gasteiger charge is -2.27. The molecule has 0 aromatic rings. The number of nitrogens with one attached hydrogen (secondary N) is 1. The summed E-state index contributed by atoms with van der Waals surface area (Å²) in [5.74, 6) is 0.643. The van der Waals surface area contributed by atoms with Crippen molar-refractivity contribution in [2.45, 2.75) is 63.5 Å². The molecule has 2 aliphatic rings. The van der Waals surface area contributed by atoms with E-state index < -0.39 is 0 Å². The van der Waals surface area contributed by atoms with Crippen LogP contribution in [-0.4, -0.2) is 48.2 Å². The van der Waals surface area contributed by atoms with Crippen LogP contribution in [0.5, 0.6) is 0 Å². The van der Waals surface area contributed by atoms with Crippen molar-refractivity contribution in [2.75, 3.05) is 20.1 Å². The molecule has 4 heteroatoms. The largest absolute Gasteiger partial charge is 0.393 e. The molecule has 2 rings (SSSR count). The number of carbonyl (C=O) groups is 1. The van der Waals surface area contributed by atoms with E-state index in [0.29, 0.717) is 5.92 Å². The number of likely N-dealkylation sites (tertiary alicyclic amines) is 1. The van der Waals surface area contributed by atoms with Crippen molar-refractivity contribution >= 4 is 5.91 Å². The molecule has 2 fully saturated rings. The van der Waals surface area contributed by atoms with Gasteiger partial charge < -0.3 is 10.4 Å². The Morgan fingerprint density at radius 3 is 2.74 bits per heavy atom. The van der Waals surface area contributed by atoms with Crippen LogP contribution in [0.1, 0.15) is 51.4 Å². The van der Waals surface area contributed by atoms with E-state index in [4.69, 9.17) is 0 Å². The van der Waals surface area contributed by atoms with Gasteiger partial charge in [-0.3, -0.25) is 9.69 Å². The lowest BCUT2D eigenvalue weighted by atomic mass is 9.83. The number of nitrogens with zero attached hydrogens (tertiary/aromatic N) is 1. The monoisotopic (exact) mass is 268 g/mol. The molecule has 0 bridgehead atoms. The van der Waals surface area contributed by atoms with Gasteiger partial charge in [-0.05, 0) is 58.0 Å². The van der Waals surface area contributed by atoms with Crippen LogP contribution in [0, 0.1) is 5.92 Å². The molecule has 0 radical (unpaired) electrons. The average molecular weight is 268 g/mol. The molecular weight excluding hydrogens is 240 g/mol. The normalized spacial score (nSPS) is 32.4. The summed E-state index contributed by atoms with van der Waals surface area (Å²) in [6, 6.07) is 0.0836. The van der Waals surface area contributed by atoms with Crippen molar-refractivity contribution < 1.29 is 9.90 Å². The second-order valence-electron chi connectivity index (χ2n) is 6.18. The topological polar surface area (TPSA) is 52.6 Å². The van der Waals surface area contributed by atoms with Crippen molar-refractivity contribution in [3.8, 4) is 0 Å². The van der Waals surface area contributed by atoms with Gasteiger partial charge in [0.2, 0.25) is 5.91 Å². The molecule has 1 saturated heterocycles. The number of amides is 1. The van der Waals surface area contributed by atoms with E-state index in [1.807, 2.05) is 7.05 Å². The van der Waals surface area contributed by atoms with E-state index in [9.17, 15) is 9.90 Å². The van der Waals surface area contributed by atoms with Gasteiger partial charge >= 0.3 is 0 Å². The van der Waals surface area contributed by atoms with Gasteiger partial charge in [0.1, 0.15) is 0 Å². The zero-order chi connectivity index (χ0) is 13.7. The maximum atomic E-state index is 12.0. The summed E-state index contributed by atoms with van der Waals surface area (Å²) < 4.78 is 0. The number of carbonyl (C=O) groups excluding carboxylic acids is 1. The zero-order valence-electron chi connectivity index (χ0n) is 12.1. The van der Waals surface area contributed by atoms with Crippen molar-refractivity contribution in [3.63, 3.8) is 0 Å². The van der Waals surface area contributed by atoms with Gasteiger partial charge in [-0.15, -0.1) is 0 Å². The number of aliphatic hydroxyl groups is 1. The van der Waals surface area contributed by atoms with Gasteiger partial charge in [0.25, 0.3) is 0 Å². The smallest absolute Gasteiger partial charge is 0.237 e. The van der Waals surface area contributed by atoms with Gasteiger partial charge in [0.15, 0.2) is 0 Å². The molecule has 2 N–H and O–H groups in total. The molecule has 0 spiro atoms. The van der Waals surface area contributed by atoms with E-state index >= 15 is 0 Å². The SMILES string of the molecule is CN1CCCC1C(=O)NCCCC1CCCCC1O. The molecule has 19 heavy (non-hydrogen) atoms. The molecule has 1 amide bonds. The van der Waals surface area contributed by atoms with E-state index in [0.717, 1.165) is 51.6 Å². The van der Waals surface area contributed by atoms with Gasteiger partial charge in [-0.1, -0.05) is 12.8 Å². The Balaban J connectivity index is 1.59. The second kappa shape index (κ2) is 7.25. The van der Waals surface area contributed by atoms with Crippen LogP contribution in [0.15, 0.2) is 0 Å². The van der Waals surface area contributed by atoms with E-state index in [2.05, 4.69) is 10.2 Å². The van der Waals surface area contributed by atoms with Crippen LogP contribution in [0.25, 0.3) is 0 Å². The molecule has 1 saturated carbocycles. The highest BCUT2D eigenvalue weighted by Crippen LogP contribution is 2.27. The highest BCUT2D eigenvalue weighted by atomic mass is 16.3. The van der Waals surface area contributed by atoms with Gasteiger partial charge in [-0.25, -0.2) is 0 Å². The van der Waals surface area contributed by atoms with Gasteiger partial charge in [0, 0.05) is 6.54 Å². The molecule has 110 valence electrons. The average Bonchev–Trinajstić information content (AvgIpc) is 2.82. The van der Waals surface area contributed by atoms with Gasteiger partial charge in [-0.2, -0.15) is 0 Å². The highest BCUT2D eigenvalue weighted by molar-refractivity contribution is 5.81. The standard InChI is InChI=1S/C15H28N2O2/c1-17-11-5-8-13(17)15(19)16-10-4-7-12-6-2-3-9-14(12)18/h12-14,18H,2-11H2,1H3,(H,16,19). The molecule has 0 aromatic carbocycles. The predicted molar refractivity (Wildman–Crippen MR) is 75.9 cm³/mol. The van der Waals surface area contributed by atoms with E-state index in [1.54, 1.807) is 0 Å². The molecule has 3 atom stereocenters. The molecule has 0 aromatic heterocycles. The van der Waals surface area contributed by atoms with Crippen LogP contribution in [0.4, 0.5) is 0 Å². The van der Waals surface area contributed by atoms with E-state index in [1.165, 1.54) is 12.8 Å². The summed E-state index contributed by atoms with van der Waals surface area (Å²) in [6.07, 6.45) is 8.58. The van der Waals surface area contributed by atoms with Crippen molar-refractivity contribution in [3.05, 3.63) is 0 Å². The summed E-state index contributed by atoms with van der Waals surface area (Å²) in [6.45, 7) is 1.79. The predicted octanol–water partition coefficient (Wildman–Crippen LogP) is 1.53. The molecule has 1 aliphatic heterocycles. The lowest BCUT2D eigenvalue weighted by Crippen LogP contribution is -2.41. The fourth-order valence-corrected chi connectivity index (χ4v) is 3.46. The molecule has 1 heterocycles. The number of rotatable bonds is 5. The van der Waals surface area contributed by atoms with Crippen LogP contribution in [0.2, 0.25) is 0 Å². The molecule has 1 aliphatic carbocycles. The quantitative estimate of drug-likeness (QED) is 0.744. The zero-order valence-corrected chi connectivity index (χ0v) is 12.1. The third-order valence-electron chi connectivity index (χ3n) is 4.74. The first-order valence-electron chi connectivity index (χ1n) is 7.84. The lowest BCUT2D eigenvalue weighted by molar-refractivity contribution is -0.125. The number of hydrogen-bond donors (Lipinski definition) is 2. The Bertz CT molecular complexity index is 296. The van der Waals surface area contributed by atoms with Crippen LogP contribution in [-0.2, 0) is 4.79 Å². The Labute approximate surface area is 116 Å². The summed E-state index contributed by atoms with van der Waals surface area (Å²) in [7, 11) is 2.02. The third kappa shape index (κ3) is 4.18. The maximum Gasteiger partial charge on any atom is 0.237 e. The van der Waals surface area contributed by atoms with Crippen LogP contribution < -0.4 is 5.32 Å². The second-order valence-corrected chi connectivity index (χ2v) is 6.18. The van der Waals surface area contributed by atoms with Gasteiger partial charge in [0.05, 0.1) is 12.1 Å². The minimum absolute atomic E-state index is 0.0836. The maximum absolute atomic E-state index is 12.0. The fourth-order valence-electron chi connectivity index (χ4n) is 3.46. The third-order valence-corrected chi connectivity index (χ3v) is 4.74. The Kier molecular flexibility index (Phi) is 5.64. The Hall–Kier alpha value is -0.610. The molecule has 4 nitrogen and oxygen atoms in total. The van der Waals surface area contributed by atoms with Crippen molar-refractivity contribution in [1.29, 1.82) is 0 Å².